The molecule has 1 aromatic heterocycles. The molecule has 4 rings (SSSR count). The van der Waals surface area contributed by atoms with Crippen LogP contribution in [-0.4, -0.2) is 21.8 Å². The van der Waals surface area contributed by atoms with E-state index in [1.165, 1.54) is 4.70 Å². The molecule has 0 amide bonds. The summed E-state index contributed by atoms with van der Waals surface area (Å²) in [6.45, 7) is 4.24. The highest BCUT2D eigenvalue weighted by Gasteiger charge is 2.19. The second-order valence-electron chi connectivity index (χ2n) is 8.59. The first-order valence-electron chi connectivity index (χ1n) is 11.4. The van der Waals surface area contributed by atoms with E-state index < -0.39 is 5.97 Å². The lowest BCUT2D eigenvalue weighted by molar-refractivity contribution is -0.137. The number of aliphatic carboxylic acids is 1. The molecule has 0 saturated heterocycles. The Morgan fingerprint density at radius 3 is 2.29 bits per heavy atom. The molecular weight excluding hydrogens is 446 g/mol. The number of carboxylic acids is 1. The summed E-state index contributed by atoms with van der Waals surface area (Å²) in [7, 11) is 0. The minimum absolute atomic E-state index is 0.000756. The second-order valence-corrected chi connectivity index (χ2v) is 9.62. The van der Waals surface area contributed by atoms with Gasteiger partial charge in [0.15, 0.2) is 5.78 Å². The van der Waals surface area contributed by atoms with Gasteiger partial charge in [-0.3, -0.25) is 9.59 Å². The summed E-state index contributed by atoms with van der Waals surface area (Å²) >= 11 is 1.68. The van der Waals surface area contributed by atoms with Crippen LogP contribution in [0.3, 0.4) is 0 Å². The highest BCUT2D eigenvalue weighted by Crippen LogP contribution is 2.33. The zero-order chi connectivity index (χ0) is 24.1. The van der Waals surface area contributed by atoms with E-state index >= 15 is 0 Å². The molecule has 5 nitrogen and oxygen atoms in total. The first-order chi connectivity index (χ1) is 16.4. The number of para-hydroxylation sites is 1. The zero-order valence-corrected chi connectivity index (χ0v) is 20.0. The van der Waals surface area contributed by atoms with Gasteiger partial charge in [0.05, 0.1) is 10.2 Å². The largest absolute Gasteiger partial charge is 0.485 e. The highest BCUT2D eigenvalue weighted by atomic mass is 32.1. The second kappa shape index (κ2) is 10.6. The molecule has 1 heterocycles. The van der Waals surface area contributed by atoms with Gasteiger partial charge in [-0.05, 0) is 54.3 Å². The topological polar surface area (TPSA) is 76.5 Å². The standard InChI is InChI=1S/C28H27NO4S/c1-18(2)27(33-22-16-14-19(15-17-22)24(30)7-5-9-26(31)32)20-10-12-21(13-11-20)28-29-23-6-3-4-8-25(23)34-28/h3-4,6,8,10-18,27H,5,7,9H2,1-2H3,(H,31,32). The van der Waals surface area contributed by atoms with Gasteiger partial charge >= 0.3 is 5.97 Å². The molecule has 0 bridgehead atoms. The number of hydrogen-bond donors (Lipinski definition) is 1. The SMILES string of the molecule is CC(C)C(Oc1ccc(C(=O)CCCC(=O)O)cc1)c1ccc(-c2nc3ccccc3s2)cc1. The van der Waals surface area contributed by atoms with Crippen molar-refractivity contribution in [3.8, 4) is 16.3 Å². The molecule has 1 unspecified atom stereocenters. The number of benzene rings is 3. The maximum Gasteiger partial charge on any atom is 0.303 e. The van der Waals surface area contributed by atoms with E-state index in [4.69, 9.17) is 14.8 Å². The van der Waals surface area contributed by atoms with Crippen molar-refractivity contribution in [2.45, 2.75) is 39.2 Å². The number of carbonyl (C=O) groups excluding carboxylic acids is 1. The Hall–Kier alpha value is -3.51. The maximum absolute atomic E-state index is 12.3. The average Bonchev–Trinajstić information content (AvgIpc) is 3.27. The Morgan fingerprint density at radius 2 is 1.65 bits per heavy atom. The number of thiazole rings is 1. The van der Waals surface area contributed by atoms with E-state index in [-0.39, 0.29) is 30.6 Å². The molecule has 0 radical (unpaired) electrons. The molecule has 34 heavy (non-hydrogen) atoms. The fourth-order valence-corrected chi connectivity index (χ4v) is 4.78. The smallest absolute Gasteiger partial charge is 0.303 e. The molecule has 0 aliphatic heterocycles. The lowest BCUT2D eigenvalue weighted by atomic mass is 9.97. The van der Waals surface area contributed by atoms with Gasteiger partial charge in [0.2, 0.25) is 0 Å². The van der Waals surface area contributed by atoms with Crippen LogP contribution >= 0.6 is 11.3 Å². The van der Waals surface area contributed by atoms with Crippen molar-refractivity contribution < 1.29 is 19.4 Å². The molecule has 6 heteroatoms. The van der Waals surface area contributed by atoms with Crippen LogP contribution < -0.4 is 4.74 Å². The van der Waals surface area contributed by atoms with Gasteiger partial charge in [-0.1, -0.05) is 50.2 Å². The molecule has 0 aliphatic rings. The number of nitrogens with zero attached hydrogens (tertiary/aromatic N) is 1. The van der Waals surface area contributed by atoms with E-state index in [0.717, 1.165) is 21.7 Å². The number of aromatic nitrogens is 1. The molecule has 0 aliphatic carbocycles. The van der Waals surface area contributed by atoms with Crippen LogP contribution in [-0.2, 0) is 4.79 Å². The summed E-state index contributed by atoms with van der Waals surface area (Å²) in [5.74, 6) is -0.00954. The third-order valence-electron chi connectivity index (χ3n) is 5.62. The lowest BCUT2D eigenvalue weighted by Crippen LogP contribution is -2.14. The molecule has 0 fully saturated rings. The molecule has 4 aromatic rings. The Kier molecular flexibility index (Phi) is 7.38. The molecule has 174 valence electrons. The summed E-state index contributed by atoms with van der Waals surface area (Å²) in [5.41, 5.74) is 3.74. The number of rotatable bonds is 10. The first kappa shape index (κ1) is 23.6. The third kappa shape index (κ3) is 5.69. The van der Waals surface area contributed by atoms with Crippen LogP contribution in [0.15, 0.2) is 72.8 Å². The van der Waals surface area contributed by atoms with Crippen LogP contribution in [0.2, 0.25) is 0 Å². The Bertz CT molecular complexity index is 1240. The van der Waals surface area contributed by atoms with Gasteiger partial charge in [-0.2, -0.15) is 0 Å². The summed E-state index contributed by atoms with van der Waals surface area (Å²) in [4.78, 5) is 27.6. The minimum Gasteiger partial charge on any atom is -0.485 e. The third-order valence-corrected chi connectivity index (χ3v) is 6.70. The number of carbonyl (C=O) groups is 2. The van der Waals surface area contributed by atoms with Gasteiger partial charge in [-0.15, -0.1) is 11.3 Å². The van der Waals surface area contributed by atoms with E-state index in [1.54, 1.807) is 35.6 Å². The van der Waals surface area contributed by atoms with Crippen molar-refractivity contribution in [1.29, 1.82) is 0 Å². The van der Waals surface area contributed by atoms with Crippen LogP contribution in [0.4, 0.5) is 0 Å². The Labute approximate surface area is 203 Å². The summed E-state index contributed by atoms with van der Waals surface area (Å²) in [6, 6.07) is 23.6. The average molecular weight is 474 g/mol. The fraction of sp³-hybridized carbons (Fsp3) is 0.250. The van der Waals surface area contributed by atoms with Crippen molar-refractivity contribution >= 4 is 33.3 Å². The van der Waals surface area contributed by atoms with E-state index in [2.05, 4.69) is 44.2 Å². The van der Waals surface area contributed by atoms with Gasteiger partial charge in [0.25, 0.3) is 0 Å². The summed E-state index contributed by atoms with van der Waals surface area (Å²) in [6.07, 6.45) is 0.430. The normalized spacial score (nSPS) is 12.1. The van der Waals surface area contributed by atoms with Crippen molar-refractivity contribution in [1.82, 2.24) is 4.98 Å². The van der Waals surface area contributed by atoms with Crippen LogP contribution in [0.1, 0.15) is 55.1 Å². The zero-order valence-electron chi connectivity index (χ0n) is 19.2. The maximum atomic E-state index is 12.3. The van der Waals surface area contributed by atoms with E-state index in [0.29, 0.717) is 17.7 Å². The highest BCUT2D eigenvalue weighted by molar-refractivity contribution is 7.21. The predicted octanol–water partition coefficient (Wildman–Crippen LogP) is 7.18. The number of carboxylic acid groups (broad SMARTS) is 1. The number of ketones is 1. The van der Waals surface area contributed by atoms with Gasteiger partial charge in [0, 0.05) is 24.0 Å². The molecule has 1 N–H and O–H groups in total. The number of ether oxygens (including phenoxy) is 1. The van der Waals surface area contributed by atoms with Crippen molar-refractivity contribution in [2.75, 3.05) is 0 Å². The van der Waals surface area contributed by atoms with E-state index in [9.17, 15) is 9.59 Å². The van der Waals surface area contributed by atoms with Crippen molar-refractivity contribution in [3.05, 3.63) is 83.9 Å². The fourth-order valence-electron chi connectivity index (χ4n) is 3.81. The Balaban J connectivity index is 1.45. The Morgan fingerprint density at radius 1 is 0.941 bits per heavy atom. The quantitative estimate of drug-likeness (QED) is 0.247. The van der Waals surface area contributed by atoms with Crippen LogP contribution in [0, 0.1) is 5.92 Å². The molecular formula is C28H27NO4S. The molecule has 0 saturated carbocycles. The predicted molar refractivity (Wildman–Crippen MR) is 136 cm³/mol. The molecule has 3 aromatic carbocycles. The summed E-state index contributed by atoms with van der Waals surface area (Å²) in [5, 5.41) is 9.73. The minimum atomic E-state index is -0.885. The van der Waals surface area contributed by atoms with Crippen molar-refractivity contribution in [3.63, 3.8) is 0 Å². The molecule has 1 atom stereocenters. The number of hydrogen-bond acceptors (Lipinski definition) is 5. The first-order valence-corrected chi connectivity index (χ1v) is 12.2. The summed E-state index contributed by atoms with van der Waals surface area (Å²) < 4.78 is 7.48. The number of Topliss-reactive ketones (excluding diaryl/α,β-unsaturated/α-hetero) is 1. The van der Waals surface area contributed by atoms with Gasteiger partial charge in [-0.25, -0.2) is 4.98 Å². The van der Waals surface area contributed by atoms with Crippen LogP contribution in [0.25, 0.3) is 20.8 Å². The monoisotopic (exact) mass is 473 g/mol. The van der Waals surface area contributed by atoms with Crippen LogP contribution in [0.5, 0.6) is 5.75 Å². The lowest BCUT2D eigenvalue weighted by Gasteiger charge is -2.23. The van der Waals surface area contributed by atoms with Crippen molar-refractivity contribution in [2.24, 2.45) is 5.92 Å². The van der Waals surface area contributed by atoms with Gasteiger partial charge in [0.1, 0.15) is 16.9 Å². The van der Waals surface area contributed by atoms with Gasteiger partial charge < -0.3 is 9.84 Å². The molecule has 0 spiro atoms. The van der Waals surface area contributed by atoms with E-state index in [1.807, 2.05) is 18.2 Å². The number of fused-ring (bicyclic) bond motifs is 1.